The van der Waals surface area contributed by atoms with Crippen LogP contribution in [0.4, 0.5) is 11.4 Å². The van der Waals surface area contributed by atoms with Crippen LogP contribution in [-0.4, -0.2) is 18.4 Å². The molecular weight excluding hydrogens is 312 g/mol. The van der Waals surface area contributed by atoms with Crippen molar-refractivity contribution in [1.82, 2.24) is 0 Å². The van der Waals surface area contributed by atoms with Crippen molar-refractivity contribution in [2.45, 2.75) is 20.8 Å². The number of rotatable bonds is 4. The van der Waals surface area contributed by atoms with Gasteiger partial charge < -0.3 is 10.2 Å². The molecule has 0 unspecified atom stereocenters. The molecule has 2 amide bonds. The summed E-state index contributed by atoms with van der Waals surface area (Å²) in [5.74, 6) is -0.476. The SMILES string of the molecule is CC(=O)N(CC(=O)Nc1ccccc1C)c1ccc(C)c(Cl)c1. The van der Waals surface area contributed by atoms with Gasteiger partial charge in [0, 0.05) is 23.3 Å². The summed E-state index contributed by atoms with van der Waals surface area (Å²) in [4.78, 5) is 25.6. The molecule has 0 radical (unpaired) electrons. The van der Waals surface area contributed by atoms with Crippen LogP contribution in [0.1, 0.15) is 18.1 Å². The van der Waals surface area contributed by atoms with Crippen LogP contribution in [0.3, 0.4) is 0 Å². The summed E-state index contributed by atoms with van der Waals surface area (Å²) < 4.78 is 0. The number of benzene rings is 2. The molecule has 0 fully saturated rings. The first kappa shape index (κ1) is 17.0. The normalized spacial score (nSPS) is 10.3. The predicted octanol–water partition coefficient (Wildman–Crippen LogP) is 3.95. The monoisotopic (exact) mass is 330 g/mol. The van der Waals surface area contributed by atoms with Crippen LogP contribution in [0, 0.1) is 13.8 Å². The minimum absolute atomic E-state index is 0.0664. The minimum atomic E-state index is -0.258. The van der Waals surface area contributed by atoms with Gasteiger partial charge in [0.1, 0.15) is 6.54 Å². The summed E-state index contributed by atoms with van der Waals surface area (Å²) in [5.41, 5.74) is 3.23. The lowest BCUT2D eigenvalue weighted by molar-refractivity contribution is -0.120. The van der Waals surface area contributed by atoms with Crippen molar-refractivity contribution in [2.75, 3.05) is 16.8 Å². The van der Waals surface area contributed by atoms with Crippen molar-refractivity contribution in [3.8, 4) is 0 Å². The maximum absolute atomic E-state index is 12.3. The molecule has 23 heavy (non-hydrogen) atoms. The lowest BCUT2D eigenvalue weighted by atomic mass is 10.2. The van der Waals surface area contributed by atoms with Gasteiger partial charge in [0.2, 0.25) is 11.8 Å². The van der Waals surface area contributed by atoms with Crippen LogP contribution in [0.25, 0.3) is 0 Å². The number of amides is 2. The molecule has 2 rings (SSSR count). The molecule has 0 atom stereocenters. The smallest absolute Gasteiger partial charge is 0.244 e. The number of hydrogen-bond acceptors (Lipinski definition) is 2. The number of nitrogens with zero attached hydrogens (tertiary/aromatic N) is 1. The van der Waals surface area contributed by atoms with Gasteiger partial charge in [-0.1, -0.05) is 35.9 Å². The third-order valence-corrected chi connectivity index (χ3v) is 3.98. The van der Waals surface area contributed by atoms with E-state index in [1.165, 1.54) is 11.8 Å². The lowest BCUT2D eigenvalue weighted by Gasteiger charge is -2.21. The molecule has 0 aromatic heterocycles. The number of halogens is 1. The summed E-state index contributed by atoms with van der Waals surface area (Å²) in [6.45, 7) is 5.16. The van der Waals surface area contributed by atoms with E-state index in [0.29, 0.717) is 10.7 Å². The second kappa shape index (κ2) is 7.29. The van der Waals surface area contributed by atoms with Crippen LogP contribution < -0.4 is 10.2 Å². The maximum atomic E-state index is 12.3. The van der Waals surface area contributed by atoms with E-state index in [1.807, 2.05) is 44.2 Å². The van der Waals surface area contributed by atoms with Gasteiger partial charge in [-0.05, 0) is 43.2 Å². The summed E-state index contributed by atoms with van der Waals surface area (Å²) in [6.07, 6.45) is 0. The van der Waals surface area contributed by atoms with Crippen molar-refractivity contribution in [3.63, 3.8) is 0 Å². The highest BCUT2D eigenvalue weighted by Crippen LogP contribution is 2.23. The average molecular weight is 331 g/mol. The number of carbonyl (C=O) groups excluding carboxylic acids is 2. The number of carbonyl (C=O) groups is 2. The molecular formula is C18H19ClN2O2. The molecule has 0 saturated heterocycles. The predicted molar refractivity (Wildman–Crippen MR) is 94.0 cm³/mol. The van der Waals surface area contributed by atoms with E-state index >= 15 is 0 Å². The first-order valence-electron chi connectivity index (χ1n) is 7.28. The fourth-order valence-corrected chi connectivity index (χ4v) is 2.36. The van der Waals surface area contributed by atoms with Crippen molar-refractivity contribution < 1.29 is 9.59 Å². The Labute approximate surface area is 141 Å². The Morgan fingerprint density at radius 2 is 1.78 bits per heavy atom. The summed E-state index contributed by atoms with van der Waals surface area (Å²) in [5, 5.41) is 3.39. The zero-order valence-electron chi connectivity index (χ0n) is 13.4. The number of para-hydroxylation sites is 1. The van der Waals surface area contributed by atoms with E-state index in [1.54, 1.807) is 12.1 Å². The van der Waals surface area contributed by atoms with Gasteiger partial charge in [-0.15, -0.1) is 0 Å². The van der Waals surface area contributed by atoms with Gasteiger partial charge in [-0.2, -0.15) is 0 Å². The third-order valence-electron chi connectivity index (χ3n) is 3.57. The Balaban J connectivity index is 2.16. The standard InChI is InChI=1S/C18H19ClN2O2/c1-12-8-9-15(10-16(12)19)21(14(3)22)11-18(23)20-17-7-5-4-6-13(17)2/h4-10H,11H2,1-3H3,(H,20,23). The van der Waals surface area contributed by atoms with Gasteiger partial charge in [-0.25, -0.2) is 0 Å². The number of anilines is 2. The fourth-order valence-electron chi connectivity index (χ4n) is 2.18. The third kappa shape index (κ3) is 4.33. The van der Waals surface area contributed by atoms with Gasteiger partial charge in [-0.3, -0.25) is 9.59 Å². The van der Waals surface area contributed by atoms with Gasteiger partial charge >= 0.3 is 0 Å². The molecule has 0 aliphatic rings. The van der Waals surface area contributed by atoms with Crippen molar-refractivity contribution in [1.29, 1.82) is 0 Å². The quantitative estimate of drug-likeness (QED) is 0.922. The zero-order valence-corrected chi connectivity index (χ0v) is 14.1. The van der Waals surface area contributed by atoms with E-state index in [2.05, 4.69) is 5.32 Å². The first-order valence-corrected chi connectivity index (χ1v) is 7.66. The molecule has 0 aliphatic carbocycles. The average Bonchev–Trinajstić information content (AvgIpc) is 2.50. The van der Waals surface area contributed by atoms with E-state index < -0.39 is 0 Å². The lowest BCUT2D eigenvalue weighted by Crippen LogP contribution is -2.36. The van der Waals surface area contributed by atoms with E-state index in [0.717, 1.165) is 16.8 Å². The Bertz CT molecular complexity index is 744. The molecule has 2 aromatic rings. The molecule has 1 N–H and O–H groups in total. The maximum Gasteiger partial charge on any atom is 0.244 e. The highest BCUT2D eigenvalue weighted by molar-refractivity contribution is 6.31. The van der Waals surface area contributed by atoms with E-state index in [4.69, 9.17) is 11.6 Å². The Morgan fingerprint density at radius 1 is 1.09 bits per heavy atom. The molecule has 120 valence electrons. The Morgan fingerprint density at radius 3 is 2.39 bits per heavy atom. The fraction of sp³-hybridized carbons (Fsp3) is 0.222. The molecule has 0 bridgehead atoms. The number of nitrogens with one attached hydrogen (secondary N) is 1. The van der Waals surface area contributed by atoms with Crippen LogP contribution in [0.5, 0.6) is 0 Å². The molecule has 2 aromatic carbocycles. The summed E-state index contributed by atoms with van der Waals surface area (Å²) in [6, 6.07) is 12.8. The van der Waals surface area contributed by atoms with Crippen molar-refractivity contribution >= 4 is 34.8 Å². The van der Waals surface area contributed by atoms with Crippen LogP contribution in [-0.2, 0) is 9.59 Å². The van der Waals surface area contributed by atoms with Crippen molar-refractivity contribution in [2.24, 2.45) is 0 Å². The number of aryl methyl sites for hydroxylation is 2. The van der Waals surface area contributed by atoms with Crippen LogP contribution in [0.2, 0.25) is 5.02 Å². The second-order valence-electron chi connectivity index (χ2n) is 5.40. The van der Waals surface area contributed by atoms with Gasteiger partial charge in [0.25, 0.3) is 0 Å². The molecule has 5 heteroatoms. The van der Waals surface area contributed by atoms with E-state index in [9.17, 15) is 9.59 Å². The highest BCUT2D eigenvalue weighted by Gasteiger charge is 2.17. The van der Waals surface area contributed by atoms with E-state index in [-0.39, 0.29) is 18.4 Å². The molecule has 0 saturated carbocycles. The van der Waals surface area contributed by atoms with Crippen LogP contribution >= 0.6 is 11.6 Å². The summed E-state index contributed by atoms with van der Waals surface area (Å²) in [7, 11) is 0. The minimum Gasteiger partial charge on any atom is -0.324 e. The summed E-state index contributed by atoms with van der Waals surface area (Å²) >= 11 is 6.11. The largest absolute Gasteiger partial charge is 0.324 e. The highest BCUT2D eigenvalue weighted by atomic mass is 35.5. The zero-order chi connectivity index (χ0) is 17.0. The molecule has 0 spiro atoms. The van der Waals surface area contributed by atoms with Crippen LogP contribution in [0.15, 0.2) is 42.5 Å². The molecule has 0 aliphatic heterocycles. The van der Waals surface area contributed by atoms with Gasteiger partial charge in [0.15, 0.2) is 0 Å². The molecule has 4 nitrogen and oxygen atoms in total. The second-order valence-corrected chi connectivity index (χ2v) is 5.81. The van der Waals surface area contributed by atoms with Crippen molar-refractivity contribution in [3.05, 3.63) is 58.6 Å². The topological polar surface area (TPSA) is 49.4 Å². The molecule has 0 heterocycles. The van der Waals surface area contributed by atoms with Gasteiger partial charge in [0.05, 0.1) is 0 Å². The first-order chi connectivity index (χ1) is 10.9. The number of hydrogen-bond donors (Lipinski definition) is 1. The Hall–Kier alpha value is -2.33. The Kier molecular flexibility index (Phi) is 5.40.